The summed E-state index contributed by atoms with van der Waals surface area (Å²) in [4.78, 5) is 2.56. The fourth-order valence-corrected chi connectivity index (χ4v) is 1.46. The van der Waals surface area contributed by atoms with Crippen LogP contribution in [0.4, 0.5) is 0 Å². The molecule has 66 valence electrons. The summed E-state index contributed by atoms with van der Waals surface area (Å²) in [6.07, 6.45) is 1.31. The Morgan fingerprint density at radius 1 is 1.36 bits per heavy atom. The van der Waals surface area contributed by atoms with Gasteiger partial charge in [0, 0.05) is 32.7 Å². The number of nitrogens with one attached hydrogen (secondary N) is 1. The highest BCUT2D eigenvalue weighted by atomic mass is 15.2. The van der Waals surface area contributed by atoms with Crippen LogP contribution in [0.2, 0.25) is 0 Å². The van der Waals surface area contributed by atoms with Gasteiger partial charge < -0.3 is 10.2 Å². The minimum atomic E-state index is 0.869. The molecule has 2 nitrogen and oxygen atoms in total. The maximum absolute atomic E-state index is 3.36. The molecule has 1 aliphatic heterocycles. The van der Waals surface area contributed by atoms with Gasteiger partial charge in [0.1, 0.15) is 0 Å². The Morgan fingerprint density at radius 3 is 2.55 bits per heavy atom. The van der Waals surface area contributed by atoms with Crippen LogP contribution in [0, 0.1) is 5.92 Å². The zero-order valence-electron chi connectivity index (χ0n) is 7.77. The van der Waals surface area contributed by atoms with Crippen molar-refractivity contribution in [2.24, 2.45) is 5.92 Å². The molecule has 0 aromatic heterocycles. The number of piperazine rings is 1. The van der Waals surface area contributed by atoms with Crippen LogP contribution in [0.1, 0.15) is 20.3 Å². The van der Waals surface area contributed by atoms with Gasteiger partial charge in [-0.15, -0.1) is 0 Å². The molecular weight excluding hydrogens is 136 g/mol. The van der Waals surface area contributed by atoms with Crippen LogP contribution in [0.15, 0.2) is 0 Å². The van der Waals surface area contributed by atoms with Crippen LogP contribution in [0.5, 0.6) is 0 Å². The van der Waals surface area contributed by atoms with Crippen molar-refractivity contribution in [1.29, 1.82) is 0 Å². The Bertz CT molecular complexity index is 97.7. The lowest BCUT2D eigenvalue weighted by Gasteiger charge is -2.29. The van der Waals surface area contributed by atoms with E-state index in [9.17, 15) is 0 Å². The maximum Gasteiger partial charge on any atom is 0.0107 e. The van der Waals surface area contributed by atoms with E-state index in [1.165, 1.54) is 39.1 Å². The molecule has 1 aliphatic rings. The van der Waals surface area contributed by atoms with E-state index in [0.717, 1.165) is 5.92 Å². The predicted molar refractivity (Wildman–Crippen MR) is 48.8 cm³/mol. The van der Waals surface area contributed by atoms with Crippen molar-refractivity contribution in [3.8, 4) is 0 Å². The van der Waals surface area contributed by atoms with Crippen molar-refractivity contribution in [3.63, 3.8) is 0 Å². The van der Waals surface area contributed by atoms with Crippen molar-refractivity contribution >= 4 is 0 Å². The van der Waals surface area contributed by atoms with Crippen LogP contribution in [0.25, 0.3) is 0 Å². The molecule has 1 rings (SSSR count). The van der Waals surface area contributed by atoms with Gasteiger partial charge in [0.15, 0.2) is 0 Å². The molecule has 0 aromatic carbocycles. The molecule has 0 saturated carbocycles. The summed E-state index contributed by atoms with van der Waals surface area (Å²) in [5.74, 6) is 0.869. The largest absolute Gasteiger partial charge is 0.314 e. The predicted octanol–water partition coefficient (Wildman–Crippen LogP) is 0.938. The van der Waals surface area contributed by atoms with Crippen LogP contribution in [0.3, 0.4) is 0 Å². The zero-order valence-corrected chi connectivity index (χ0v) is 7.77. The summed E-state index contributed by atoms with van der Waals surface area (Å²) in [6, 6.07) is 0. The summed E-state index contributed by atoms with van der Waals surface area (Å²) < 4.78 is 0. The maximum atomic E-state index is 3.36. The minimum absolute atomic E-state index is 0.869. The van der Waals surface area contributed by atoms with E-state index in [-0.39, 0.29) is 0 Å². The molecule has 1 heterocycles. The van der Waals surface area contributed by atoms with Gasteiger partial charge in [-0.2, -0.15) is 0 Å². The van der Waals surface area contributed by atoms with Gasteiger partial charge in [-0.3, -0.25) is 0 Å². The summed E-state index contributed by atoms with van der Waals surface area (Å²) in [5, 5.41) is 3.36. The first-order valence-electron chi connectivity index (χ1n) is 4.76. The van der Waals surface area contributed by atoms with Gasteiger partial charge in [0.05, 0.1) is 0 Å². The Hall–Kier alpha value is -0.0800. The smallest absolute Gasteiger partial charge is 0.0107 e. The first-order valence-corrected chi connectivity index (χ1v) is 4.76. The second kappa shape index (κ2) is 4.73. The molecule has 0 spiro atoms. The van der Waals surface area contributed by atoms with Gasteiger partial charge >= 0.3 is 0 Å². The van der Waals surface area contributed by atoms with Gasteiger partial charge in [-0.25, -0.2) is 0 Å². The average Bonchev–Trinajstić information content (AvgIpc) is 2.06. The third-order valence-corrected chi connectivity index (χ3v) is 2.48. The molecular formula is C9H20N2. The highest BCUT2D eigenvalue weighted by Gasteiger charge is 2.11. The van der Waals surface area contributed by atoms with E-state index in [4.69, 9.17) is 0 Å². The topological polar surface area (TPSA) is 15.3 Å². The summed E-state index contributed by atoms with van der Waals surface area (Å²) >= 11 is 0. The summed E-state index contributed by atoms with van der Waals surface area (Å²) in [7, 11) is 0. The lowest BCUT2D eigenvalue weighted by Crippen LogP contribution is -2.44. The third kappa shape index (κ3) is 3.21. The fraction of sp³-hybridized carbons (Fsp3) is 1.00. The van der Waals surface area contributed by atoms with Crippen molar-refractivity contribution in [2.75, 3.05) is 32.7 Å². The number of hydrogen-bond donors (Lipinski definition) is 1. The number of nitrogens with zero attached hydrogens (tertiary/aromatic N) is 1. The molecule has 0 amide bonds. The van der Waals surface area contributed by atoms with Gasteiger partial charge in [0.2, 0.25) is 0 Å². The standard InChI is InChI=1S/C9H20N2/c1-3-9(2)8-11-6-4-10-5-7-11/h9-10H,3-8H2,1-2H3/t9-/m0/s1. The van der Waals surface area contributed by atoms with E-state index in [1.807, 2.05) is 0 Å². The molecule has 1 saturated heterocycles. The normalized spacial score (nSPS) is 23.5. The molecule has 0 aromatic rings. The van der Waals surface area contributed by atoms with Crippen LogP contribution in [-0.2, 0) is 0 Å². The van der Waals surface area contributed by atoms with Crippen LogP contribution in [-0.4, -0.2) is 37.6 Å². The highest BCUT2D eigenvalue weighted by Crippen LogP contribution is 2.04. The fourth-order valence-electron chi connectivity index (χ4n) is 1.46. The third-order valence-electron chi connectivity index (χ3n) is 2.48. The lowest BCUT2D eigenvalue weighted by molar-refractivity contribution is 0.209. The Balaban J connectivity index is 2.13. The molecule has 1 N–H and O–H groups in total. The number of rotatable bonds is 3. The molecule has 0 unspecified atom stereocenters. The summed E-state index contributed by atoms with van der Waals surface area (Å²) in [5.41, 5.74) is 0. The van der Waals surface area contributed by atoms with Crippen molar-refractivity contribution in [1.82, 2.24) is 10.2 Å². The van der Waals surface area contributed by atoms with Crippen LogP contribution >= 0.6 is 0 Å². The second-order valence-electron chi connectivity index (χ2n) is 3.56. The van der Waals surface area contributed by atoms with Crippen molar-refractivity contribution < 1.29 is 0 Å². The first kappa shape index (κ1) is 9.01. The molecule has 0 radical (unpaired) electrons. The van der Waals surface area contributed by atoms with E-state index >= 15 is 0 Å². The molecule has 0 bridgehead atoms. The Kier molecular flexibility index (Phi) is 3.87. The van der Waals surface area contributed by atoms with E-state index in [1.54, 1.807) is 0 Å². The minimum Gasteiger partial charge on any atom is -0.314 e. The quantitative estimate of drug-likeness (QED) is 0.654. The van der Waals surface area contributed by atoms with Gasteiger partial charge in [-0.1, -0.05) is 20.3 Å². The molecule has 1 fully saturated rings. The molecule has 2 heteroatoms. The van der Waals surface area contributed by atoms with Gasteiger partial charge in [-0.05, 0) is 5.92 Å². The van der Waals surface area contributed by atoms with Crippen molar-refractivity contribution in [3.05, 3.63) is 0 Å². The van der Waals surface area contributed by atoms with Crippen molar-refractivity contribution in [2.45, 2.75) is 20.3 Å². The van der Waals surface area contributed by atoms with Gasteiger partial charge in [0.25, 0.3) is 0 Å². The first-order chi connectivity index (χ1) is 5.33. The Labute approximate surface area is 70.0 Å². The SMILES string of the molecule is CC[C@H](C)CN1CCNCC1. The summed E-state index contributed by atoms with van der Waals surface area (Å²) in [6.45, 7) is 10.7. The zero-order chi connectivity index (χ0) is 8.10. The molecule has 0 aliphatic carbocycles. The van der Waals surface area contributed by atoms with E-state index < -0.39 is 0 Å². The monoisotopic (exact) mass is 156 g/mol. The molecule has 1 atom stereocenters. The highest BCUT2D eigenvalue weighted by molar-refractivity contribution is 4.69. The van der Waals surface area contributed by atoms with E-state index in [0.29, 0.717) is 0 Å². The second-order valence-corrected chi connectivity index (χ2v) is 3.56. The van der Waals surface area contributed by atoms with E-state index in [2.05, 4.69) is 24.1 Å². The lowest BCUT2D eigenvalue weighted by atomic mass is 10.1. The average molecular weight is 156 g/mol. The van der Waals surface area contributed by atoms with Crippen LogP contribution < -0.4 is 5.32 Å². The Morgan fingerprint density at radius 2 is 2.00 bits per heavy atom. The number of hydrogen-bond acceptors (Lipinski definition) is 2. The molecule has 11 heavy (non-hydrogen) atoms.